The Morgan fingerprint density at radius 2 is 2.08 bits per heavy atom. The molecular weight excluding hydrogens is 159 g/mol. The lowest BCUT2D eigenvalue weighted by Gasteiger charge is -2.04. The van der Waals surface area contributed by atoms with Crippen molar-refractivity contribution in [1.29, 1.82) is 0 Å². The number of halogens is 1. The van der Waals surface area contributed by atoms with E-state index in [4.69, 9.17) is 9.84 Å². The van der Waals surface area contributed by atoms with Crippen molar-refractivity contribution in [2.75, 3.05) is 19.8 Å². The number of ether oxygens (including phenoxy) is 1. The van der Waals surface area contributed by atoms with Crippen molar-refractivity contribution in [1.82, 2.24) is 0 Å². The van der Waals surface area contributed by atoms with E-state index in [2.05, 4.69) is 0 Å². The second kappa shape index (κ2) is 8.94. The smallest absolute Gasteiger partial charge is 0.123 e. The second-order valence-electron chi connectivity index (χ2n) is 2.83. The van der Waals surface area contributed by atoms with Gasteiger partial charge in [0.1, 0.15) is 6.17 Å². The van der Waals surface area contributed by atoms with Crippen LogP contribution in [0.2, 0.25) is 0 Å². The topological polar surface area (TPSA) is 29.5 Å². The number of unbranched alkanes of at least 4 members (excludes halogenated alkanes) is 2. The largest absolute Gasteiger partial charge is 0.393 e. The van der Waals surface area contributed by atoms with Crippen LogP contribution >= 0.6 is 0 Å². The molecule has 0 rings (SSSR count). The number of hydrogen-bond acceptors (Lipinski definition) is 2. The molecule has 0 aliphatic rings. The van der Waals surface area contributed by atoms with E-state index in [9.17, 15) is 4.39 Å². The van der Waals surface area contributed by atoms with Gasteiger partial charge in [0.2, 0.25) is 0 Å². The van der Waals surface area contributed by atoms with E-state index in [1.54, 1.807) is 0 Å². The summed E-state index contributed by atoms with van der Waals surface area (Å²) >= 11 is 0. The number of alkyl halides is 1. The van der Waals surface area contributed by atoms with Crippen molar-refractivity contribution < 1.29 is 14.2 Å². The maximum atomic E-state index is 12.4. The van der Waals surface area contributed by atoms with Crippen molar-refractivity contribution in [3.05, 3.63) is 0 Å². The molecule has 0 fully saturated rings. The van der Waals surface area contributed by atoms with Crippen molar-refractivity contribution in [2.45, 2.75) is 38.8 Å². The first kappa shape index (κ1) is 11.8. The minimum Gasteiger partial charge on any atom is -0.393 e. The Morgan fingerprint density at radius 3 is 2.67 bits per heavy atom. The molecule has 0 radical (unpaired) electrons. The van der Waals surface area contributed by atoms with Gasteiger partial charge < -0.3 is 9.84 Å². The highest BCUT2D eigenvalue weighted by atomic mass is 19.1. The maximum absolute atomic E-state index is 12.4. The second-order valence-corrected chi connectivity index (χ2v) is 2.83. The molecule has 0 spiro atoms. The van der Waals surface area contributed by atoms with Gasteiger partial charge in [0, 0.05) is 13.2 Å². The summed E-state index contributed by atoms with van der Waals surface area (Å²) in [7, 11) is 0. The van der Waals surface area contributed by atoms with Crippen molar-refractivity contribution >= 4 is 0 Å². The zero-order valence-corrected chi connectivity index (χ0v) is 7.76. The summed E-state index contributed by atoms with van der Waals surface area (Å²) in [5.74, 6) is 0. The van der Waals surface area contributed by atoms with Crippen molar-refractivity contribution in [3.8, 4) is 0 Å². The monoisotopic (exact) mass is 178 g/mol. The Bertz CT molecular complexity index is 88.6. The molecule has 12 heavy (non-hydrogen) atoms. The molecule has 0 aliphatic carbocycles. The zero-order chi connectivity index (χ0) is 9.23. The standard InChI is InChI=1S/C9H19FO2/c1-2-12-7-5-3-4-6-9(10)8-11/h9,11H,2-8H2,1H3. The van der Waals surface area contributed by atoms with Crippen LogP contribution in [0.5, 0.6) is 0 Å². The predicted molar refractivity (Wildman–Crippen MR) is 46.9 cm³/mol. The van der Waals surface area contributed by atoms with E-state index in [0.29, 0.717) is 6.42 Å². The summed E-state index contributed by atoms with van der Waals surface area (Å²) in [6.45, 7) is 3.14. The van der Waals surface area contributed by atoms with Gasteiger partial charge in [0.25, 0.3) is 0 Å². The van der Waals surface area contributed by atoms with Gasteiger partial charge in [-0.1, -0.05) is 12.8 Å². The first-order valence-electron chi connectivity index (χ1n) is 4.64. The van der Waals surface area contributed by atoms with Crippen molar-refractivity contribution in [3.63, 3.8) is 0 Å². The first-order chi connectivity index (χ1) is 5.81. The van der Waals surface area contributed by atoms with Gasteiger partial charge in [-0.15, -0.1) is 0 Å². The summed E-state index contributed by atoms with van der Waals surface area (Å²) in [6.07, 6.45) is 2.27. The summed E-state index contributed by atoms with van der Waals surface area (Å²) < 4.78 is 17.5. The predicted octanol–water partition coefficient (Wildman–Crippen LogP) is 1.91. The lowest BCUT2D eigenvalue weighted by molar-refractivity contribution is 0.139. The molecule has 1 unspecified atom stereocenters. The lowest BCUT2D eigenvalue weighted by atomic mass is 10.1. The fraction of sp³-hybridized carbons (Fsp3) is 1.00. The first-order valence-corrected chi connectivity index (χ1v) is 4.64. The van der Waals surface area contributed by atoms with Crippen LogP contribution in [0.1, 0.15) is 32.6 Å². The van der Waals surface area contributed by atoms with Gasteiger partial charge in [0.15, 0.2) is 0 Å². The fourth-order valence-corrected chi connectivity index (χ4v) is 0.982. The number of hydrogen-bond donors (Lipinski definition) is 1. The molecule has 0 saturated carbocycles. The average Bonchev–Trinajstić information content (AvgIpc) is 2.10. The van der Waals surface area contributed by atoms with E-state index in [-0.39, 0.29) is 6.61 Å². The molecule has 0 aromatic heterocycles. The van der Waals surface area contributed by atoms with Gasteiger partial charge in [-0.3, -0.25) is 0 Å². The molecule has 0 bridgehead atoms. The third kappa shape index (κ3) is 7.95. The Balaban J connectivity index is 2.90. The van der Waals surface area contributed by atoms with Crippen LogP contribution in [0.15, 0.2) is 0 Å². The van der Waals surface area contributed by atoms with Crippen molar-refractivity contribution in [2.24, 2.45) is 0 Å². The van der Waals surface area contributed by atoms with E-state index >= 15 is 0 Å². The number of aliphatic hydroxyl groups excluding tert-OH is 1. The Morgan fingerprint density at radius 1 is 1.33 bits per heavy atom. The van der Waals surface area contributed by atoms with Crippen LogP contribution in [-0.4, -0.2) is 31.1 Å². The van der Waals surface area contributed by atoms with Gasteiger partial charge in [-0.2, -0.15) is 0 Å². The van der Waals surface area contributed by atoms with Crippen LogP contribution in [0.3, 0.4) is 0 Å². The average molecular weight is 178 g/mol. The van der Waals surface area contributed by atoms with Crippen LogP contribution < -0.4 is 0 Å². The highest BCUT2D eigenvalue weighted by molar-refractivity contribution is 4.53. The Hall–Kier alpha value is -0.150. The highest BCUT2D eigenvalue weighted by Crippen LogP contribution is 2.05. The lowest BCUT2D eigenvalue weighted by Crippen LogP contribution is -2.05. The number of aliphatic hydroxyl groups is 1. The summed E-state index contributed by atoms with van der Waals surface area (Å²) in [5, 5.41) is 8.38. The summed E-state index contributed by atoms with van der Waals surface area (Å²) in [4.78, 5) is 0. The molecule has 1 N–H and O–H groups in total. The molecule has 3 heteroatoms. The maximum Gasteiger partial charge on any atom is 0.123 e. The molecular formula is C9H19FO2. The van der Waals surface area contributed by atoms with E-state index in [0.717, 1.165) is 32.5 Å². The molecule has 0 aromatic rings. The Kier molecular flexibility index (Phi) is 8.83. The minimum absolute atomic E-state index is 0.342. The van der Waals surface area contributed by atoms with E-state index in [1.165, 1.54) is 0 Å². The van der Waals surface area contributed by atoms with E-state index < -0.39 is 6.17 Å². The zero-order valence-electron chi connectivity index (χ0n) is 7.76. The third-order valence-electron chi connectivity index (χ3n) is 1.71. The molecule has 0 amide bonds. The minimum atomic E-state index is -1.03. The summed E-state index contributed by atoms with van der Waals surface area (Å²) in [6, 6.07) is 0. The van der Waals surface area contributed by atoms with Crippen LogP contribution in [0.4, 0.5) is 4.39 Å². The molecule has 74 valence electrons. The molecule has 0 saturated heterocycles. The normalized spacial score (nSPS) is 13.2. The molecule has 2 nitrogen and oxygen atoms in total. The SMILES string of the molecule is CCOCCCCCC(F)CO. The van der Waals surface area contributed by atoms with Gasteiger partial charge in [-0.25, -0.2) is 4.39 Å². The quantitative estimate of drug-likeness (QED) is 0.575. The third-order valence-corrected chi connectivity index (χ3v) is 1.71. The van der Waals surface area contributed by atoms with E-state index in [1.807, 2.05) is 6.92 Å². The number of rotatable bonds is 8. The Labute approximate surface area is 73.7 Å². The highest BCUT2D eigenvalue weighted by Gasteiger charge is 2.02. The summed E-state index contributed by atoms with van der Waals surface area (Å²) in [5.41, 5.74) is 0. The van der Waals surface area contributed by atoms with Gasteiger partial charge >= 0.3 is 0 Å². The van der Waals surface area contributed by atoms with Gasteiger partial charge in [-0.05, 0) is 19.8 Å². The van der Waals surface area contributed by atoms with Crippen LogP contribution in [-0.2, 0) is 4.74 Å². The van der Waals surface area contributed by atoms with Crippen LogP contribution in [0, 0.1) is 0 Å². The van der Waals surface area contributed by atoms with Gasteiger partial charge in [0.05, 0.1) is 6.61 Å². The fourth-order valence-electron chi connectivity index (χ4n) is 0.982. The van der Waals surface area contributed by atoms with Crippen LogP contribution in [0.25, 0.3) is 0 Å². The molecule has 0 aromatic carbocycles. The molecule has 0 heterocycles. The molecule has 0 aliphatic heterocycles. The molecule has 1 atom stereocenters.